The molecule has 0 saturated carbocycles. The van der Waals surface area contributed by atoms with Crippen LogP contribution in [0.1, 0.15) is 11.7 Å². The third-order valence-corrected chi connectivity index (χ3v) is 3.95. The summed E-state index contributed by atoms with van der Waals surface area (Å²) in [6.45, 7) is 2.85. The van der Waals surface area contributed by atoms with E-state index in [0.29, 0.717) is 11.6 Å². The van der Waals surface area contributed by atoms with Crippen LogP contribution in [0.4, 0.5) is 0 Å². The molecule has 2 nitrogen and oxygen atoms in total. The van der Waals surface area contributed by atoms with Crippen LogP contribution in [0.3, 0.4) is 0 Å². The Kier molecular flexibility index (Phi) is 4.53. The summed E-state index contributed by atoms with van der Waals surface area (Å²) >= 11 is 7.88. The summed E-state index contributed by atoms with van der Waals surface area (Å²) in [5.41, 5.74) is 0.908. The molecule has 88 valence electrons. The maximum atomic E-state index is 10.1. The molecule has 1 heterocycles. The van der Waals surface area contributed by atoms with Gasteiger partial charge in [0.15, 0.2) is 0 Å². The zero-order valence-corrected chi connectivity index (χ0v) is 10.7. The zero-order chi connectivity index (χ0) is 11.4. The number of aliphatic hydroxyl groups excluding tert-OH is 1. The van der Waals surface area contributed by atoms with Crippen molar-refractivity contribution in [3.05, 3.63) is 34.9 Å². The Balaban J connectivity index is 1.94. The van der Waals surface area contributed by atoms with E-state index in [1.165, 1.54) is 11.5 Å². The van der Waals surface area contributed by atoms with Crippen molar-refractivity contribution in [2.75, 3.05) is 31.1 Å². The molecule has 16 heavy (non-hydrogen) atoms. The molecule has 1 unspecified atom stereocenters. The van der Waals surface area contributed by atoms with E-state index in [2.05, 4.69) is 4.90 Å². The SMILES string of the molecule is OC(CN1CCSCC1)c1cccc(Cl)c1. The average molecular weight is 258 g/mol. The monoisotopic (exact) mass is 257 g/mol. The van der Waals surface area contributed by atoms with Gasteiger partial charge in [-0.1, -0.05) is 23.7 Å². The molecule has 1 aliphatic rings. The highest BCUT2D eigenvalue weighted by Gasteiger charge is 2.15. The van der Waals surface area contributed by atoms with Gasteiger partial charge in [-0.05, 0) is 17.7 Å². The van der Waals surface area contributed by atoms with Gasteiger partial charge in [0.2, 0.25) is 0 Å². The molecule has 2 rings (SSSR count). The Bertz CT molecular complexity index is 342. The van der Waals surface area contributed by atoms with Crippen molar-refractivity contribution in [2.24, 2.45) is 0 Å². The van der Waals surface area contributed by atoms with Crippen molar-refractivity contribution >= 4 is 23.4 Å². The van der Waals surface area contributed by atoms with Gasteiger partial charge in [-0.25, -0.2) is 0 Å². The topological polar surface area (TPSA) is 23.5 Å². The Morgan fingerprint density at radius 1 is 1.38 bits per heavy atom. The van der Waals surface area contributed by atoms with Crippen LogP contribution in [0.5, 0.6) is 0 Å². The molecule has 0 aliphatic carbocycles. The van der Waals surface area contributed by atoms with Crippen LogP contribution in [0.25, 0.3) is 0 Å². The number of rotatable bonds is 3. The maximum Gasteiger partial charge on any atom is 0.0917 e. The minimum absolute atomic E-state index is 0.429. The van der Waals surface area contributed by atoms with Crippen LogP contribution in [0.15, 0.2) is 24.3 Å². The summed E-state index contributed by atoms with van der Waals surface area (Å²) in [6, 6.07) is 7.47. The first-order valence-electron chi connectivity index (χ1n) is 5.49. The molecule has 4 heteroatoms. The summed E-state index contributed by atoms with van der Waals surface area (Å²) in [4.78, 5) is 2.31. The van der Waals surface area contributed by atoms with E-state index in [-0.39, 0.29) is 0 Å². The van der Waals surface area contributed by atoms with Crippen molar-refractivity contribution in [3.63, 3.8) is 0 Å². The summed E-state index contributed by atoms with van der Waals surface area (Å²) in [6.07, 6.45) is -0.429. The van der Waals surface area contributed by atoms with Gasteiger partial charge >= 0.3 is 0 Å². The predicted octanol–water partition coefficient (Wildman–Crippen LogP) is 2.42. The second kappa shape index (κ2) is 5.92. The lowest BCUT2D eigenvalue weighted by Crippen LogP contribution is -2.35. The highest BCUT2D eigenvalue weighted by Crippen LogP contribution is 2.20. The maximum absolute atomic E-state index is 10.1. The molecule has 1 aromatic carbocycles. The van der Waals surface area contributed by atoms with Gasteiger partial charge in [0.25, 0.3) is 0 Å². The third kappa shape index (κ3) is 3.39. The predicted molar refractivity (Wildman–Crippen MR) is 70.2 cm³/mol. The standard InChI is InChI=1S/C12H16ClNOS/c13-11-3-1-2-10(8-11)12(15)9-14-4-6-16-7-5-14/h1-3,8,12,15H,4-7,9H2. The molecule has 1 fully saturated rings. The van der Waals surface area contributed by atoms with Crippen LogP contribution in [0.2, 0.25) is 5.02 Å². The molecule has 0 amide bonds. The van der Waals surface area contributed by atoms with Gasteiger partial charge < -0.3 is 5.11 Å². The molecule has 0 radical (unpaired) electrons. The van der Waals surface area contributed by atoms with Gasteiger partial charge in [-0.2, -0.15) is 11.8 Å². The van der Waals surface area contributed by atoms with Crippen molar-refractivity contribution in [2.45, 2.75) is 6.10 Å². The first-order chi connectivity index (χ1) is 7.75. The number of thioether (sulfide) groups is 1. The first kappa shape index (κ1) is 12.2. The van der Waals surface area contributed by atoms with E-state index >= 15 is 0 Å². The van der Waals surface area contributed by atoms with E-state index < -0.39 is 6.10 Å². The van der Waals surface area contributed by atoms with Crippen LogP contribution < -0.4 is 0 Å². The molecule has 0 bridgehead atoms. The lowest BCUT2D eigenvalue weighted by molar-refractivity contribution is 0.119. The van der Waals surface area contributed by atoms with Crippen molar-refractivity contribution in [1.29, 1.82) is 0 Å². The fourth-order valence-corrected chi connectivity index (χ4v) is 3.03. The molecule has 0 spiro atoms. The number of aliphatic hydroxyl groups is 1. The van der Waals surface area contributed by atoms with Gasteiger partial charge in [-0.15, -0.1) is 0 Å². The molecular weight excluding hydrogens is 242 g/mol. The molecule has 1 atom stereocenters. The molecule has 1 saturated heterocycles. The van der Waals surface area contributed by atoms with Gasteiger partial charge in [0, 0.05) is 36.2 Å². The lowest BCUT2D eigenvalue weighted by atomic mass is 10.1. The zero-order valence-electron chi connectivity index (χ0n) is 9.10. The van der Waals surface area contributed by atoms with Crippen molar-refractivity contribution in [1.82, 2.24) is 4.90 Å². The summed E-state index contributed by atoms with van der Waals surface area (Å²) in [7, 11) is 0. The number of benzene rings is 1. The summed E-state index contributed by atoms with van der Waals surface area (Å²) in [5.74, 6) is 2.34. The second-order valence-corrected chi connectivity index (χ2v) is 5.64. The Labute approximate surface area is 106 Å². The third-order valence-electron chi connectivity index (χ3n) is 2.77. The van der Waals surface area contributed by atoms with E-state index in [1.54, 1.807) is 0 Å². The fraction of sp³-hybridized carbons (Fsp3) is 0.500. The molecule has 1 N–H and O–H groups in total. The Morgan fingerprint density at radius 3 is 2.81 bits per heavy atom. The van der Waals surface area contributed by atoms with Crippen LogP contribution in [-0.4, -0.2) is 41.1 Å². The fourth-order valence-electron chi connectivity index (χ4n) is 1.85. The van der Waals surface area contributed by atoms with E-state index in [0.717, 1.165) is 18.7 Å². The Morgan fingerprint density at radius 2 is 2.12 bits per heavy atom. The van der Waals surface area contributed by atoms with Crippen LogP contribution >= 0.6 is 23.4 Å². The number of nitrogens with zero attached hydrogens (tertiary/aromatic N) is 1. The van der Waals surface area contributed by atoms with Crippen molar-refractivity contribution < 1.29 is 5.11 Å². The molecule has 0 aromatic heterocycles. The smallest absolute Gasteiger partial charge is 0.0917 e. The normalized spacial score (nSPS) is 19.6. The highest BCUT2D eigenvalue weighted by atomic mass is 35.5. The first-order valence-corrected chi connectivity index (χ1v) is 7.02. The highest BCUT2D eigenvalue weighted by molar-refractivity contribution is 7.99. The van der Waals surface area contributed by atoms with Gasteiger partial charge in [0.1, 0.15) is 0 Å². The molecule has 1 aromatic rings. The van der Waals surface area contributed by atoms with E-state index in [9.17, 15) is 5.11 Å². The number of halogens is 1. The molecule has 1 aliphatic heterocycles. The van der Waals surface area contributed by atoms with Crippen LogP contribution in [0, 0.1) is 0 Å². The summed E-state index contributed by atoms with van der Waals surface area (Å²) in [5, 5.41) is 10.8. The van der Waals surface area contributed by atoms with Crippen LogP contribution in [-0.2, 0) is 0 Å². The number of hydrogen-bond acceptors (Lipinski definition) is 3. The minimum atomic E-state index is -0.429. The Hall–Kier alpha value is -0.220. The largest absolute Gasteiger partial charge is 0.387 e. The van der Waals surface area contributed by atoms with Crippen molar-refractivity contribution in [3.8, 4) is 0 Å². The number of β-amino-alcohol motifs (C(OH)–C–C–N with tert-alkyl or cyclic N) is 1. The van der Waals surface area contributed by atoms with E-state index in [1.807, 2.05) is 36.0 Å². The quantitative estimate of drug-likeness (QED) is 0.900. The second-order valence-electron chi connectivity index (χ2n) is 3.98. The molecular formula is C12H16ClNOS. The lowest BCUT2D eigenvalue weighted by Gasteiger charge is -2.28. The summed E-state index contributed by atoms with van der Waals surface area (Å²) < 4.78 is 0. The average Bonchev–Trinajstić information content (AvgIpc) is 2.30. The van der Waals surface area contributed by atoms with E-state index in [4.69, 9.17) is 11.6 Å². The van der Waals surface area contributed by atoms with Gasteiger partial charge in [-0.3, -0.25) is 4.90 Å². The van der Waals surface area contributed by atoms with Gasteiger partial charge in [0.05, 0.1) is 6.10 Å². The number of hydrogen-bond donors (Lipinski definition) is 1. The minimum Gasteiger partial charge on any atom is -0.387 e.